The molecule has 6 heteroatoms. The number of rotatable bonds is 8. The van der Waals surface area contributed by atoms with Gasteiger partial charge in [0.15, 0.2) is 5.82 Å². The molecular weight excluding hydrogens is 394 g/mol. The standard InChI is InChI=1S/C20H26BrN3O2/c1-14(2)19-23-18(26-24-19)9-4-8-17(25)22-13-20(10-5-11-20)15-6-3-7-16(21)12-15/h3,6-7,12,14H,4-5,8-11,13H2,1-2H3,(H,22,25). The maximum Gasteiger partial charge on any atom is 0.226 e. The molecule has 1 N–H and O–H groups in total. The van der Waals surface area contributed by atoms with Crippen LogP contribution in [-0.2, 0) is 16.6 Å². The van der Waals surface area contributed by atoms with Gasteiger partial charge >= 0.3 is 0 Å². The van der Waals surface area contributed by atoms with Crippen molar-refractivity contribution in [3.05, 3.63) is 46.0 Å². The zero-order chi connectivity index (χ0) is 18.6. The highest BCUT2D eigenvalue weighted by molar-refractivity contribution is 9.10. The van der Waals surface area contributed by atoms with Gasteiger partial charge in [0.2, 0.25) is 11.8 Å². The highest BCUT2D eigenvalue weighted by atomic mass is 79.9. The van der Waals surface area contributed by atoms with Crippen molar-refractivity contribution in [2.24, 2.45) is 0 Å². The lowest BCUT2D eigenvalue weighted by atomic mass is 9.64. The van der Waals surface area contributed by atoms with E-state index < -0.39 is 0 Å². The third-order valence-corrected chi connectivity index (χ3v) is 5.66. The average molecular weight is 420 g/mol. The van der Waals surface area contributed by atoms with E-state index in [1.807, 2.05) is 19.9 Å². The Balaban J connectivity index is 1.46. The lowest BCUT2D eigenvalue weighted by Gasteiger charge is -2.42. The molecule has 1 saturated carbocycles. The summed E-state index contributed by atoms with van der Waals surface area (Å²) in [6, 6.07) is 8.44. The number of aryl methyl sites for hydroxylation is 1. The van der Waals surface area contributed by atoms with Crippen molar-refractivity contribution in [2.45, 2.75) is 63.7 Å². The van der Waals surface area contributed by atoms with Crippen molar-refractivity contribution < 1.29 is 9.32 Å². The van der Waals surface area contributed by atoms with Gasteiger partial charge in [0.05, 0.1) is 0 Å². The molecule has 1 aliphatic rings. The summed E-state index contributed by atoms with van der Waals surface area (Å²) >= 11 is 3.55. The van der Waals surface area contributed by atoms with Crippen molar-refractivity contribution >= 4 is 21.8 Å². The topological polar surface area (TPSA) is 68.0 Å². The molecule has 1 fully saturated rings. The van der Waals surface area contributed by atoms with Crippen LogP contribution in [0.15, 0.2) is 33.3 Å². The number of halogens is 1. The van der Waals surface area contributed by atoms with E-state index in [0.29, 0.717) is 25.3 Å². The molecule has 26 heavy (non-hydrogen) atoms. The molecule has 0 aliphatic heterocycles. The summed E-state index contributed by atoms with van der Waals surface area (Å²) in [6.07, 6.45) is 5.32. The number of carbonyl (C=O) groups excluding carboxylic acids is 1. The highest BCUT2D eigenvalue weighted by Crippen LogP contribution is 2.43. The lowest BCUT2D eigenvalue weighted by molar-refractivity contribution is -0.121. The predicted octanol–water partition coefficient (Wildman–Crippen LogP) is 4.52. The molecule has 0 radical (unpaired) electrons. The van der Waals surface area contributed by atoms with Crippen LogP contribution in [0.25, 0.3) is 0 Å². The van der Waals surface area contributed by atoms with Crippen molar-refractivity contribution in [1.82, 2.24) is 15.5 Å². The maximum atomic E-state index is 12.2. The van der Waals surface area contributed by atoms with Crippen LogP contribution in [0.2, 0.25) is 0 Å². The lowest BCUT2D eigenvalue weighted by Crippen LogP contribution is -2.45. The second kappa shape index (κ2) is 8.33. The summed E-state index contributed by atoms with van der Waals surface area (Å²) < 4.78 is 6.31. The number of aromatic nitrogens is 2. The third-order valence-electron chi connectivity index (χ3n) is 5.17. The maximum absolute atomic E-state index is 12.2. The number of benzene rings is 1. The molecule has 1 aliphatic carbocycles. The zero-order valence-corrected chi connectivity index (χ0v) is 17.0. The van der Waals surface area contributed by atoms with Crippen LogP contribution in [0.1, 0.15) is 69.1 Å². The predicted molar refractivity (Wildman–Crippen MR) is 104 cm³/mol. The van der Waals surface area contributed by atoms with Gasteiger partial charge in [0.1, 0.15) is 0 Å². The fraction of sp³-hybridized carbons (Fsp3) is 0.550. The molecular formula is C20H26BrN3O2. The van der Waals surface area contributed by atoms with Crippen molar-refractivity contribution in [1.29, 1.82) is 0 Å². The SMILES string of the molecule is CC(C)c1noc(CCCC(=O)NCC2(c3cccc(Br)c3)CCC2)n1. The minimum Gasteiger partial charge on any atom is -0.355 e. The second-order valence-corrected chi connectivity index (χ2v) is 8.39. The first-order valence-electron chi connectivity index (χ1n) is 9.34. The quantitative estimate of drug-likeness (QED) is 0.682. The van der Waals surface area contributed by atoms with Gasteiger partial charge in [-0.15, -0.1) is 0 Å². The number of carbonyl (C=O) groups is 1. The summed E-state index contributed by atoms with van der Waals surface area (Å²) in [5.41, 5.74) is 1.41. The molecule has 1 amide bonds. The summed E-state index contributed by atoms with van der Waals surface area (Å²) in [4.78, 5) is 16.6. The van der Waals surface area contributed by atoms with Crippen molar-refractivity contribution in [2.75, 3.05) is 6.54 Å². The fourth-order valence-electron chi connectivity index (χ4n) is 3.35. The van der Waals surface area contributed by atoms with Gasteiger partial charge in [-0.05, 0) is 37.0 Å². The van der Waals surface area contributed by atoms with E-state index >= 15 is 0 Å². The molecule has 1 aromatic carbocycles. The van der Waals surface area contributed by atoms with Crippen molar-refractivity contribution in [3.63, 3.8) is 0 Å². The van der Waals surface area contributed by atoms with Gasteiger partial charge in [0, 0.05) is 35.2 Å². The Kier molecular flexibility index (Phi) is 6.12. The van der Waals surface area contributed by atoms with Gasteiger partial charge in [0.25, 0.3) is 0 Å². The molecule has 3 rings (SSSR count). The summed E-state index contributed by atoms with van der Waals surface area (Å²) in [5.74, 6) is 1.69. The van der Waals surface area contributed by atoms with Crippen LogP contribution in [0.3, 0.4) is 0 Å². The Morgan fingerprint density at radius 2 is 2.19 bits per heavy atom. The van der Waals surface area contributed by atoms with Crippen LogP contribution in [0, 0.1) is 0 Å². The Hall–Kier alpha value is -1.69. The van der Waals surface area contributed by atoms with Crippen LogP contribution in [-0.4, -0.2) is 22.6 Å². The molecule has 0 bridgehead atoms. The molecule has 1 aromatic heterocycles. The van der Waals surface area contributed by atoms with Gasteiger partial charge in [-0.3, -0.25) is 4.79 Å². The van der Waals surface area contributed by atoms with E-state index in [4.69, 9.17) is 4.52 Å². The van der Waals surface area contributed by atoms with Crippen molar-refractivity contribution in [3.8, 4) is 0 Å². The molecule has 5 nitrogen and oxygen atoms in total. The number of hydrogen-bond acceptors (Lipinski definition) is 4. The van der Waals surface area contributed by atoms with Gasteiger partial charge in [-0.2, -0.15) is 4.98 Å². The molecule has 140 valence electrons. The summed E-state index contributed by atoms with van der Waals surface area (Å²) in [5, 5.41) is 7.08. The molecule has 0 unspecified atom stereocenters. The highest BCUT2D eigenvalue weighted by Gasteiger charge is 2.38. The monoisotopic (exact) mass is 419 g/mol. The van der Waals surface area contributed by atoms with Crippen LogP contribution in [0.4, 0.5) is 0 Å². The number of nitrogens with one attached hydrogen (secondary N) is 1. The minimum atomic E-state index is 0.0925. The fourth-order valence-corrected chi connectivity index (χ4v) is 3.75. The molecule has 0 atom stereocenters. The molecule has 0 saturated heterocycles. The van der Waals surface area contributed by atoms with E-state index in [9.17, 15) is 4.79 Å². The van der Waals surface area contributed by atoms with E-state index in [1.54, 1.807) is 0 Å². The Morgan fingerprint density at radius 1 is 1.38 bits per heavy atom. The third kappa shape index (κ3) is 4.53. The van der Waals surface area contributed by atoms with Gasteiger partial charge in [-0.25, -0.2) is 0 Å². The number of nitrogens with zero attached hydrogens (tertiary/aromatic N) is 2. The Morgan fingerprint density at radius 3 is 2.81 bits per heavy atom. The summed E-state index contributed by atoms with van der Waals surface area (Å²) in [6.45, 7) is 4.77. The minimum absolute atomic E-state index is 0.0925. The van der Waals surface area contributed by atoms with E-state index in [1.165, 1.54) is 12.0 Å². The smallest absolute Gasteiger partial charge is 0.226 e. The number of amides is 1. The van der Waals surface area contributed by atoms with Crippen LogP contribution in [0.5, 0.6) is 0 Å². The van der Waals surface area contributed by atoms with Crippen LogP contribution < -0.4 is 5.32 Å². The van der Waals surface area contributed by atoms with E-state index in [2.05, 4.69) is 49.6 Å². The number of hydrogen-bond donors (Lipinski definition) is 1. The zero-order valence-electron chi connectivity index (χ0n) is 15.4. The second-order valence-electron chi connectivity index (χ2n) is 7.48. The largest absolute Gasteiger partial charge is 0.355 e. The van der Waals surface area contributed by atoms with E-state index in [-0.39, 0.29) is 17.2 Å². The molecule has 1 heterocycles. The first kappa shape index (κ1) is 19.1. The van der Waals surface area contributed by atoms with Gasteiger partial charge < -0.3 is 9.84 Å². The average Bonchev–Trinajstić information content (AvgIpc) is 3.03. The summed E-state index contributed by atoms with van der Waals surface area (Å²) in [7, 11) is 0. The molecule has 0 spiro atoms. The van der Waals surface area contributed by atoms with Gasteiger partial charge in [-0.1, -0.05) is 53.5 Å². The molecule has 2 aromatic rings. The Labute approximate surface area is 163 Å². The first-order chi connectivity index (χ1) is 12.5. The first-order valence-corrected chi connectivity index (χ1v) is 10.1. The Bertz CT molecular complexity index is 753. The van der Waals surface area contributed by atoms with Crippen LogP contribution >= 0.6 is 15.9 Å². The normalized spacial score (nSPS) is 15.7. The van der Waals surface area contributed by atoms with E-state index in [0.717, 1.165) is 29.6 Å².